The van der Waals surface area contributed by atoms with Crippen molar-refractivity contribution in [1.82, 2.24) is 0 Å². The van der Waals surface area contributed by atoms with Crippen molar-refractivity contribution >= 4 is 5.69 Å². The molecule has 1 aliphatic carbocycles. The minimum atomic E-state index is -0.274. The van der Waals surface area contributed by atoms with Gasteiger partial charge in [0.25, 0.3) is 0 Å². The minimum absolute atomic E-state index is 0.135. The molecule has 2 N–H and O–H groups in total. The zero-order valence-corrected chi connectivity index (χ0v) is 21.0. The normalized spacial score (nSPS) is 46.2. The van der Waals surface area contributed by atoms with Crippen LogP contribution in [0.1, 0.15) is 83.6 Å². The van der Waals surface area contributed by atoms with Crippen LogP contribution in [0, 0.1) is 17.8 Å². The molecule has 4 heteroatoms. The Labute approximate surface area is 200 Å². The third-order valence-corrected chi connectivity index (χ3v) is 11.3. The molecule has 5 heterocycles. The van der Waals surface area contributed by atoms with E-state index in [0.29, 0.717) is 35.9 Å². The smallest absolute Gasteiger partial charge is 0.194 e. The Hall–Kier alpha value is -1.10. The molecule has 0 aromatic heterocycles. The van der Waals surface area contributed by atoms with Gasteiger partial charge in [-0.1, -0.05) is 64.2 Å². The summed E-state index contributed by atoms with van der Waals surface area (Å²) in [6.45, 7) is 5.65. The van der Waals surface area contributed by atoms with Crippen molar-refractivity contribution < 1.29 is 14.7 Å². The van der Waals surface area contributed by atoms with Crippen LogP contribution in [-0.4, -0.2) is 58.7 Å². The number of hydrogen-bond acceptors (Lipinski definition) is 3. The molecular formula is C29H45N2O2+. The molecule has 10 atom stereocenters. The van der Waals surface area contributed by atoms with Gasteiger partial charge in [0.2, 0.25) is 0 Å². The first-order valence-corrected chi connectivity index (χ1v) is 14.1. The van der Waals surface area contributed by atoms with E-state index >= 15 is 0 Å². The van der Waals surface area contributed by atoms with Gasteiger partial charge < -0.3 is 15.1 Å². The summed E-state index contributed by atoms with van der Waals surface area (Å²) in [7, 11) is 2.26. The van der Waals surface area contributed by atoms with Gasteiger partial charge >= 0.3 is 0 Å². The van der Waals surface area contributed by atoms with E-state index < -0.39 is 0 Å². The summed E-state index contributed by atoms with van der Waals surface area (Å²) < 4.78 is 0.899. The highest BCUT2D eigenvalue weighted by atomic mass is 16.3. The lowest BCUT2D eigenvalue weighted by Gasteiger charge is -2.68. The minimum Gasteiger partial charge on any atom is -0.392 e. The Balaban J connectivity index is 1.36. The lowest BCUT2D eigenvalue weighted by Crippen LogP contribution is -2.83. The van der Waals surface area contributed by atoms with E-state index in [-0.39, 0.29) is 17.7 Å². The zero-order valence-electron chi connectivity index (χ0n) is 21.0. The van der Waals surface area contributed by atoms with E-state index in [2.05, 4.69) is 50.1 Å². The van der Waals surface area contributed by atoms with Crippen molar-refractivity contribution in [2.24, 2.45) is 17.8 Å². The molecule has 5 fully saturated rings. The van der Waals surface area contributed by atoms with Crippen molar-refractivity contribution in [2.45, 2.75) is 114 Å². The monoisotopic (exact) mass is 453 g/mol. The van der Waals surface area contributed by atoms with Gasteiger partial charge in [0.05, 0.1) is 30.1 Å². The molecule has 182 valence electrons. The quantitative estimate of drug-likeness (QED) is 0.416. The number of aliphatic hydroxyl groups is 2. The predicted octanol–water partition coefficient (Wildman–Crippen LogP) is 4.82. The molecule has 0 amide bonds. The van der Waals surface area contributed by atoms with Gasteiger partial charge in [-0.15, -0.1) is 0 Å². The molecular weight excluding hydrogens is 408 g/mol. The highest BCUT2D eigenvalue weighted by Gasteiger charge is 2.82. The Kier molecular flexibility index (Phi) is 5.40. The predicted molar refractivity (Wildman–Crippen MR) is 133 cm³/mol. The number of piperidine rings is 4. The van der Waals surface area contributed by atoms with Gasteiger partial charge in [0.15, 0.2) is 6.23 Å². The maximum absolute atomic E-state index is 12.1. The SMILES string of the molecule is CCCCCCCCC[N@@+]12[C@H](O)[C@@H](CC)[C@H]3C[C@H]1[C@@H]1N(C)c4ccccc4[C@]14C[C@H]2[C@H]3[C@@H]4O. The molecule has 7 rings (SSSR count). The topological polar surface area (TPSA) is 43.7 Å². The molecule has 5 aliphatic heterocycles. The zero-order chi connectivity index (χ0) is 23.0. The number of anilines is 1. The molecule has 1 aromatic rings. The molecule has 33 heavy (non-hydrogen) atoms. The average molecular weight is 454 g/mol. The second-order valence-electron chi connectivity index (χ2n) is 12.2. The lowest BCUT2D eigenvalue weighted by atomic mass is 9.60. The maximum Gasteiger partial charge on any atom is 0.194 e. The molecule has 1 spiro atoms. The van der Waals surface area contributed by atoms with E-state index in [4.69, 9.17) is 0 Å². The number of nitrogens with zero attached hydrogens (tertiary/aromatic N) is 2. The molecule has 5 bridgehead atoms. The molecule has 4 nitrogen and oxygen atoms in total. The summed E-state index contributed by atoms with van der Waals surface area (Å²) in [6, 6.07) is 10.1. The Morgan fingerprint density at radius 2 is 1.73 bits per heavy atom. The van der Waals surface area contributed by atoms with Crippen LogP contribution >= 0.6 is 0 Å². The Morgan fingerprint density at radius 3 is 2.48 bits per heavy atom. The molecule has 4 saturated heterocycles. The summed E-state index contributed by atoms with van der Waals surface area (Å²) in [4.78, 5) is 2.51. The van der Waals surface area contributed by atoms with Crippen LogP contribution in [0.5, 0.6) is 0 Å². The van der Waals surface area contributed by atoms with Gasteiger partial charge in [0.1, 0.15) is 6.04 Å². The van der Waals surface area contributed by atoms with Crippen molar-refractivity contribution in [3.05, 3.63) is 29.8 Å². The number of aliphatic hydroxyl groups excluding tert-OH is 2. The summed E-state index contributed by atoms with van der Waals surface area (Å²) in [5, 5.41) is 24.1. The maximum atomic E-state index is 12.1. The molecule has 6 aliphatic rings. The number of rotatable bonds is 9. The standard InChI is InChI=1S/C29H45N2O2/c1-4-6-7-8-9-10-13-16-31-23-17-20(19(5-2)28(31)33)25-24(31)18-29(27(25)32)21-14-11-12-15-22(21)30(3)26(23)29/h11-12,14-15,19-20,23-28,32-33H,4-10,13,16-18H2,1-3H3/q+1/t19-,20+,23-,24-,25-,26-,27-,28+,29+,31+/m0/s1. The van der Waals surface area contributed by atoms with E-state index in [1.54, 1.807) is 0 Å². The molecule has 1 saturated carbocycles. The fourth-order valence-corrected chi connectivity index (χ4v) is 10.2. The average Bonchev–Trinajstić information content (AvgIpc) is 3.21. The number of hydrogen-bond donors (Lipinski definition) is 2. The van der Waals surface area contributed by atoms with Crippen LogP contribution in [-0.2, 0) is 5.41 Å². The van der Waals surface area contributed by atoms with E-state index in [1.165, 1.54) is 62.6 Å². The summed E-state index contributed by atoms with van der Waals surface area (Å²) in [6.07, 6.45) is 12.0. The van der Waals surface area contributed by atoms with Crippen LogP contribution in [0.4, 0.5) is 5.69 Å². The highest BCUT2D eigenvalue weighted by Crippen LogP contribution is 2.71. The van der Waals surface area contributed by atoms with Crippen molar-refractivity contribution in [1.29, 1.82) is 0 Å². The number of fused-ring (bicyclic) bond motifs is 2. The van der Waals surface area contributed by atoms with Gasteiger partial charge in [0, 0.05) is 37.4 Å². The van der Waals surface area contributed by atoms with Gasteiger partial charge in [-0.05, 0) is 36.8 Å². The summed E-state index contributed by atoms with van der Waals surface area (Å²) >= 11 is 0. The highest BCUT2D eigenvalue weighted by molar-refractivity contribution is 5.66. The largest absolute Gasteiger partial charge is 0.392 e. The van der Waals surface area contributed by atoms with E-state index in [0.717, 1.165) is 23.9 Å². The van der Waals surface area contributed by atoms with Gasteiger partial charge in [-0.3, -0.25) is 4.48 Å². The van der Waals surface area contributed by atoms with Crippen molar-refractivity contribution in [2.75, 3.05) is 18.5 Å². The fourth-order valence-electron chi connectivity index (χ4n) is 10.2. The first-order valence-electron chi connectivity index (χ1n) is 14.1. The first kappa shape index (κ1) is 22.4. The van der Waals surface area contributed by atoms with Gasteiger partial charge in [-0.25, -0.2) is 0 Å². The number of quaternary nitrogens is 1. The van der Waals surface area contributed by atoms with Crippen LogP contribution < -0.4 is 4.90 Å². The summed E-state index contributed by atoms with van der Waals surface area (Å²) in [5.74, 6) is 1.18. The molecule has 0 radical (unpaired) electrons. The van der Waals surface area contributed by atoms with Crippen LogP contribution in [0.2, 0.25) is 0 Å². The second kappa shape index (κ2) is 7.96. The fraction of sp³-hybridized carbons (Fsp3) is 0.793. The van der Waals surface area contributed by atoms with Crippen LogP contribution in [0.3, 0.4) is 0 Å². The number of benzene rings is 1. The third kappa shape index (κ3) is 2.64. The molecule has 1 aromatic carbocycles. The third-order valence-electron chi connectivity index (χ3n) is 11.3. The Bertz CT molecular complexity index is 890. The van der Waals surface area contributed by atoms with E-state index in [1.807, 2.05) is 0 Å². The first-order chi connectivity index (χ1) is 16.0. The Morgan fingerprint density at radius 1 is 1.00 bits per heavy atom. The number of unbranched alkanes of at least 4 members (excludes halogenated alkanes) is 6. The second-order valence-corrected chi connectivity index (χ2v) is 12.2. The number of para-hydroxylation sites is 1. The van der Waals surface area contributed by atoms with Gasteiger partial charge in [-0.2, -0.15) is 0 Å². The van der Waals surface area contributed by atoms with Crippen LogP contribution in [0.15, 0.2) is 24.3 Å². The van der Waals surface area contributed by atoms with Crippen LogP contribution in [0.25, 0.3) is 0 Å². The molecule has 0 unspecified atom stereocenters. The number of likely N-dealkylation sites (N-methyl/N-ethyl adjacent to an activating group) is 1. The lowest BCUT2D eigenvalue weighted by molar-refractivity contribution is -1.04. The summed E-state index contributed by atoms with van der Waals surface area (Å²) in [5.41, 5.74) is 2.58. The van der Waals surface area contributed by atoms with Crippen molar-refractivity contribution in [3.8, 4) is 0 Å². The van der Waals surface area contributed by atoms with E-state index in [9.17, 15) is 10.2 Å². The van der Waals surface area contributed by atoms with Crippen molar-refractivity contribution in [3.63, 3.8) is 0 Å².